The van der Waals surface area contributed by atoms with Crippen molar-refractivity contribution in [2.45, 2.75) is 70.6 Å². The molecule has 1 aromatic carbocycles. The summed E-state index contributed by atoms with van der Waals surface area (Å²) >= 11 is 0. The molecule has 208 valence electrons. The standard InChI is InChI=1S/C27H37FN4O6/c1-5-36-23(33)7-11-32(24(29)34)22-14-18-6-10-31(21(18)15-20(22)28)19-16-27(37-17-19)8-12-30(13-9-27)25(35)38-26(2,3)4/h6,10,14-15,19H,5,7-9,11-13,16-17H2,1-4H3,(H2,29,34). The highest BCUT2D eigenvalue weighted by atomic mass is 19.1. The summed E-state index contributed by atoms with van der Waals surface area (Å²) < 4.78 is 34.0. The number of rotatable bonds is 6. The summed E-state index contributed by atoms with van der Waals surface area (Å²) in [6.07, 6.45) is 3.64. The maximum Gasteiger partial charge on any atom is 0.410 e. The third-order valence-electron chi connectivity index (χ3n) is 7.10. The molecule has 2 N–H and O–H groups in total. The van der Waals surface area contributed by atoms with Crippen molar-refractivity contribution in [3.05, 3.63) is 30.2 Å². The third-order valence-corrected chi connectivity index (χ3v) is 7.10. The maximum atomic E-state index is 15.3. The number of benzene rings is 1. The van der Waals surface area contributed by atoms with Crippen molar-refractivity contribution in [2.75, 3.05) is 37.7 Å². The molecule has 1 spiro atoms. The Kier molecular flexibility index (Phi) is 7.87. The smallest absolute Gasteiger partial charge is 0.410 e. The van der Waals surface area contributed by atoms with Crippen LogP contribution in [0.1, 0.15) is 59.4 Å². The van der Waals surface area contributed by atoms with Crippen molar-refractivity contribution in [3.63, 3.8) is 0 Å². The van der Waals surface area contributed by atoms with Gasteiger partial charge in [0.25, 0.3) is 0 Å². The van der Waals surface area contributed by atoms with E-state index in [4.69, 9.17) is 19.9 Å². The number of ether oxygens (including phenoxy) is 3. The number of amides is 3. The van der Waals surface area contributed by atoms with Crippen LogP contribution in [0.2, 0.25) is 0 Å². The third kappa shape index (κ3) is 6.03. The van der Waals surface area contributed by atoms with E-state index in [0.717, 1.165) is 16.7 Å². The summed E-state index contributed by atoms with van der Waals surface area (Å²) in [6, 6.07) is 3.97. The molecule has 0 radical (unpaired) electrons. The van der Waals surface area contributed by atoms with E-state index < -0.39 is 23.4 Å². The monoisotopic (exact) mass is 532 g/mol. The van der Waals surface area contributed by atoms with Crippen molar-refractivity contribution >= 4 is 34.7 Å². The lowest BCUT2D eigenvalue weighted by molar-refractivity contribution is -0.142. The molecule has 2 saturated heterocycles. The fourth-order valence-corrected chi connectivity index (χ4v) is 5.25. The molecule has 1 atom stereocenters. The molecular weight excluding hydrogens is 495 g/mol. The van der Waals surface area contributed by atoms with E-state index in [0.29, 0.717) is 38.1 Å². The van der Waals surface area contributed by atoms with Crippen LogP contribution in [-0.2, 0) is 19.0 Å². The van der Waals surface area contributed by atoms with Crippen LogP contribution < -0.4 is 10.6 Å². The Morgan fingerprint density at radius 2 is 1.95 bits per heavy atom. The topological polar surface area (TPSA) is 116 Å². The first-order chi connectivity index (χ1) is 17.9. The molecule has 0 saturated carbocycles. The molecular formula is C27H37FN4O6. The van der Waals surface area contributed by atoms with Gasteiger partial charge in [0.15, 0.2) is 0 Å². The number of nitrogens with zero attached hydrogens (tertiary/aromatic N) is 3. The highest BCUT2D eigenvalue weighted by Crippen LogP contribution is 2.42. The predicted molar refractivity (Wildman–Crippen MR) is 139 cm³/mol. The fraction of sp³-hybridized carbons (Fsp3) is 0.593. The van der Waals surface area contributed by atoms with Crippen molar-refractivity contribution in [3.8, 4) is 0 Å². The molecule has 2 aromatic rings. The van der Waals surface area contributed by atoms with Crippen LogP contribution in [0, 0.1) is 5.82 Å². The van der Waals surface area contributed by atoms with Gasteiger partial charge in [-0.1, -0.05) is 0 Å². The zero-order valence-electron chi connectivity index (χ0n) is 22.5. The van der Waals surface area contributed by atoms with Crippen LogP contribution in [0.3, 0.4) is 0 Å². The molecule has 10 nitrogen and oxygen atoms in total. The van der Waals surface area contributed by atoms with Crippen LogP contribution in [-0.4, -0.2) is 71.6 Å². The number of esters is 1. The molecule has 2 aliphatic rings. The minimum Gasteiger partial charge on any atom is -0.466 e. The van der Waals surface area contributed by atoms with Crippen LogP contribution in [0.15, 0.2) is 24.4 Å². The summed E-state index contributed by atoms with van der Waals surface area (Å²) in [7, 11) is 0. The molecule has 38 heavy (non-hydrogen) atoms. The zero-order chi connectivity index (χ0) is 27.7. The number of anilines is 1. The number of fused-ring (bicyclic) bond motifs is 1. The number of hydrogen-bond acceptors (Lipinski definition) is 6. The Morgan fingerprint density at radius 1 is 1.24 bits per heavy atom. The van der Waals surface area contributed by atoms with Gasteiger partial charge in [-0.3, -0.25) is 9.69 Å². The number of likely N-dealkylation sites (tertiary alicyclic amines) is 1. The second kappa shape index (κ2) is 10.8. The van der Waals surface area contributed by atoms with Crippen molar-refractivity contribution < 1.29 is 33.0 Å². The minimum absolute atomic E-state index is 0.00174. The van der Waals surface area contributed by atoms with Gasteiger partial charge in [-0.25, -0.2) is 14.0 Å². The van der Waals surface area contributed by atoms with Gasteiger partial charge < -0.3 is 29.4 Å². The lowest BCUT2D eigenvalue weighted by atomic mass is 9.87. The first-order valence-electron chi connectivity index (χ1n) is 13.1. The van der Waals surface area contributed by atoms with E-state index in [-0.39, 0.29) is 43.0 Å². The summed E-state index contributed by atoms with van der Waals surface area (Å²) in [5.41, 5.74) is 5.31. The first kappa shape index (κ1) is 27.7. The van der Waals surface area contributed by atoms with E-state index in [1.54, 1.807) is 17.9 Å². The highest BCUT2D eigenvalue weighted by Gasteiger charge is 2.44. The average Bonchev–Trinajstić information content (AvgIpc) is 3.42. The van der Waals surface area contributed by atoms with E-state index >= 15 is 4.39 Å². The lowest BCUT2D eigenvalue weighted by Gasteiger charge is -2.39. The number of nitrogens with two attached hydrogens (primary N) is 1. The van der Waals surface area contributed by atoms with E-state index in [1.165, 1.54) is 6.07 Å². The Labute approximate surface area is 221 Å². The van der Waals surface area contributed by atoms with Gasteiger partial charge in [-0.05, 0) is 59.1 Å². The van der Waals surface area contributed by atoms with Crippen LogP contribution in [0.5, 0.6) is 0 Å². The van der Waals surface area contributed by atoms with E-state index in [1.807, 2.05) is 37.6 Å². The van der Waals surface area contributed by atoms with Crippen molar-refractivity contribution in [1.29, 1.82) is 0 Å². The van der Waals surface area contributed by atoms with Crippen LogP contribution in [0.25, 0.3) is 10.9 Å². The Morgan fingerprint density at radius 3 is 2.58 bits per heavy atom. The minimum atomic E-state index is -0.851. The van der Waals surface area contributed by atoms with Crippen molar-refractivity contribution in [2.24, 2.45) is 5.73 Å². The number of carbonyl (C=O) groups is 3. The second-order valence-electron chi connectivity index (χ2n) is 10.9. The van der Waals surface area contributed by atoms with Gasteiger partial charge in [0, 0.05) is 37.3 Å². The number of halogens is 1. The quantitative estimate of drug-likeness (QED) is 0.553. The normalized spacial score (nSPS) is 19.1. The predicted octanol–water partition coefficient (Wildman–Crippen LogP) is 4.35. The Bertz CT molecular complexity index is 1200. The molecule has 4 rings (SSSR count). The number of piperidine rings is 1. The molecule has 0 bridgehead atoms. The van der Waals surface area contributed by atoms with Crippen LogP contribution >= 0.6 is 0 Å². The molecule has 3 heterocycles. The largest absolute Gasteiger partial charge is 0.466 e. The maximum absolute atomic E-state index is 15.3. The number of aromatic nitrogens is 1. The zero-order valence-corrected chi connectivity index (χ0v) is 22.5. The van der Waals surface area contributed by atoms with Crippen molar-refractivity contribution in [1.82, 2.24) is 9.47 Å². The molecule has 2 aliphatic heterocycles. The van der Waals surface area contributed by atoms with E-state index in [9.17, 15) is 14.4 Å². The molecule has 2 fully saturated rings. The number of carbonyl (C=O) groups excluding carboxylic acids is 3. The Hall–Kier alpha value is -3.34. The fourth-order valence-electron chi connectivity index (χ4n) is 5.25. The van der Waals surface area contributed by atoms with Gasteiger partial charge in [-0.15, -0.1) is 0 Å². The van der Waals surface area contributed by atoms with Gasteiger partial charge in [-0.2, -0.15) is 0 Å². The molecule has 0 aliphatic carbocycles. The number of urea groups is 1. The second-order valence-corrected chi connectivity index (χ2v) is 10.9. The van der Waals surface area contributed by atoms with Gasteiger partial charge >= 0.3 is 18.1 Å². The van der Waals surface area contributed by atoms with E-state index in [2.05, 4.69) is 0 Å². The molecule has 11 heteroatoms. The summed E-state index contributed by atoms with van der Waals surface area (Å²) in [5.74, 6) is -1.10. The number of hydrogen-bond donors (Lipinski definition) is 1. The van der Waals surface area contributed by atoms with Gasteiger partial charge in [0.1, 0.15) is 11.4 Å². The molecule has 3 amide bonds. The lowest BCUT2D eigenvalue weighted by Crippen LogP contribution is -2.47. The summed E-state index contributed by atoms with van der Waals surface area (Å²) in [5, 5.41) is 0.740. The molecule has 1 aromatic heterocycles. The first-order valence-corrected chi connectivity index (χ1v) is 13.1. The van der Waals surface area contributed by atoms with Crippen LogP contribution in [0.4, 0.5) is 19.7 Å². The highest BCUT2D eigenvalue weighted by molar-refractivity contribution is 5.95. The molecule has 1 unspecified atom stereocenters. The van der Waals surface area contributed by atoms with Gasteiger partial charge in [0.2, 0.25) is 0 Å². The van der Waals surface area contributed by atoms with Gasteiger partial charge in [0.05, 0.1) is 42.5 Å². The SMILES string of the molecule is CCOC(=O)CCN(C(N)=O)c1cc2ccn(C3COC4(CCN(C(=O)OC(C)(C)C)CC4)C3)c2cc1F. The average molecular weight is 533 g/mol. The number of primary amides is 1. The summed E-state index contributed by atoms with van der Waals surface area (Å²) in [4.78, 5) is 39.0. The Balaban J connectivity index is 1.46. The summed E-state index contributed by atoms with van der Waals surface area (Å²) in [6.45, 7) is 8.96.